The molecule has 4 nitrogen and oxygen atoms in total. The molecule has 0 aliphatic carbocycles. The molecule has 1 unspecified atom stereocenters. The second-order valence-electron chi connectivity index (χ2n) is 5.56. The minimum absolute atomic E-state index is 0.0594. The van der Waals surface area contributed by atoms with E-state index < -0.39 is 17.5 Å². The molecule has 1 amide bonds. The molecule has 0 aliphatic heterocycles. The number of rotatable bonds is 4. The topological polar surface area (TPSA) is 47.6 Å². The van der Waals surface area contributed by atoms with E-state index >= 15 is 0 Å². The van der Waals surface area contributed by atoms with Crippen LogP contribution >= 0.6 is 27.5 Å². The fourth-order valence-electron chi connectivity index (χ4n) is 1.38. The molecule has 1 aromatic carbocycles. The highest BCUT2D eigenvalue weighted by molar-refractivity contribution is 9.10. The summed E-state index contributed by atoms with van der Waals surface area (Å²) in [5.41, 5.74) is -0.572. The monoisotopic (exact) mass is 381 g/mol. The minimum Gasteiger partial charge on any atom is -0.488 e. The smallest absolute Gasteiger partial charge is 0.407 e. The lowest BCUT2D eigenvalue weighted by Gasteiger charge is -2.22. The first kappa shape index (κ1) is 18.0. The number of amides is 1. The summed E-state index contributed by atoms with van der Waals surface area (Å²) in [6.07, 6.45) is -0.545. The van der Waals surface area contributed by atoms with Crippen LogP contribution in [0.15, 0.2) is 16.6 Å². The Morgan fingerprint density at radius 1 is 1.48 bits per heavy atom. The first-order chi connectivity index (χ1) is 9.58. The molecule has 1 aromatic rings. The van der Waals surface area contributed by atoms with Crippen LogP contribution in [0.5, 0.6) is 5.75 Å². The predicted molar refractivity (Wildman–Crippen MR) is 83.4 cm³/mol. The molecular weight excluding hydrogens is 365 g/mol. The minimum atomic E-state index is -0.572. The molecule has 0 bridgehead atoms. The standard InChI is InChI=1S/C14H18BrClFNO3/c1-8(18-13(19)21-14(2,3)4)7-20-12-5-9(15)10(16)6-11(12)17/h5-6,8H,7H2,1-4H3,(H,18,19). The van der Waals surface area contributed by atoms with E-state index in [0.717, 1.165) is 6.07 Å². The van der Waals surface area contributed by atoms with Crippen molar-refractivity contribution >= 4 is 33.6 Å². The van der Waals surface area contributed by atoms with Crippen LogP contribution in [0.3, 0.4) is 0 Å². The molecule has 1 atom stereocenters. The summed E-state index contributed by atoms with van der Waals surface area (Å²) in [6, 6.07) is 2.26. The van der Waals surface area contributed by atoms with Crippen molar-refractivity contribution in [1.82, 2.24) is 5.32 Å². The second-order valence-corrected chi connectivity index (χ2v) is 6.82. The Hall–Kier alpha value is -1.01. The molecule has 0 radical (unpaired) electrons. The van der Waals surface area contributed by atoms with Gasteiger partial charge in [0.25, 0.3) is 0 Å². The van der Waals surface area contributed by atoms with Crippen LogP contribution in [-0.4, -0.2) is 24.3 Å². The van der Waals surface area contributed by atoms with Gasteiger partial charge in [-0.25, -0.2) is 9.18 Å². The molecule has 118 valence electrons. The summed E-state index contributed by atoms with van der Waals surface area (Å²) in [7, 11) is 0. The highest BCUT2D eigenvalue weighted by Crippen LogP contribution is 2.29. The third kappa shape index (κ3) is 6.52. The van der Waals surface area contributed by atoms with Gasteiger partial charge in [0.2, 0.25) is 0 Å². The number of alkyl carbamates (subject to hydrolysis) is 1. The summed E-state index contributed by atoms with van der Waals surface area (Å²) in [5.74, 6) is -0.503. The van der Waals surface area contributed by atoms with Crippen molar-refractivity contribution in [1.29, 1.82) is 0 Å². The molecule has 21 heavy (non-hydrogen) atoms. The van der Waals surface area contributed by atoms with Crippen molar-refractivity contribution in [2.45, 2.75) is 39.3 Å². The Bertz CT molecular complexity index is 520. The lowest BCUT2D eigenvalue weighted by atomic mass is 10.2. The molecule has 0 saturated carbocycles. The number of hydrogen-bond acceptors (Lipinski definition) is 3. The van der Waals surface area contributed by atoms with Gasteiger partial charge in [-0.3, -0.25) is 0 Å². The number of hydrogen-bond donors (Lipinski definition) is 1. The Labute approximate surface area is 137 Å². The van der Waals surface area contributed by atoms with Crippen LogP contribution in [-0.2, 0) is 4.74 Å². The first-order valence-electron chi connectivity index (χ1n) is 6.35. The molecule has 0 aromatic heterocycles. The first-order valence-corrected chi connectivity index (χ1v) is 7.52. The molecule has 7 heteroatoms. The van der Waals surface area contributed by atoms with E-state index in [1.807, 2.05) is 0 Å². The zero-order valence-corrected chi connectivity index (χ0v) is 14.6. The van der Waals surface area contributed by atoms with Gasteiger partial charge in [-0.1, -0.05) is 11.6 Å². The number of carbonyl (C=O) groups excluding carboxylic acids is 1. The SMILES string of the molecule is CC(COc1cc(Br)c(Cl)cc1F)NC(=O)OC(C)(C)C. The number of halogens is 3. The normalized spacial score (nSPS) is 12.7. The van der Waals surface area contributed by atoms with Crippen LogP contribution in [0.2, 0.25) is 5.02 Å². The summed E-state index contributed by atoms with van der Waals surface area (Å²) < 4.78 is 24.6. The van der Waals surface area contributed by atoms with Gasteiger partial charge >= 0.3 is 6.09 Å². The Morgan fingerprint density at radius 3 is 2.67 bits per heavy atom. The maximum absolute atomic E-state index is 13.6. The van der Waals surface area contributed by atoms with Gasteiger partial charge in [0.1, 0.15) is 12.2 Å². The fourth-order valence-corrected chi connectivity index (χ4v) is 1.85. The quantitative estimate of drug-likeness (QED) is 0.778. The van der Waals surface area contributed by atoms with Gasteiger partial charge in [0.15, 0.2) is 11.6 Å². The zero-order chi connectivity index (χ0) is 16.2. The van der Waals surface area contributed by atoms with Gasteiger partial charge in [-0.2, -0.15) is 0 Å². The molecule has 0 spiro atoms. The molecular formula is C14H18BrClFNO3. The van der Waals surface area contributed by atoms with E-state index in [1.54, 1.807) is 27.7 Å². The van der Waals surface area contributed by atoms with E-state index in [-0.39, 0.29) is 23.4 Å². The lowest BCUT2D eigenvalue weighted by molar-refractivity contribution is 0.0493. The van der Waals surface area contributed by atoms with E-state index in [0.29, 0.717) is 4.47 Å². The van der Waals surface area contributed by atoms with Gasteiger partial charge in [-0.15, -0.1) is 0 Å². The van der Waals surface area contributed by atoms with Crippen molar-refractivity contribution in [3.63, 3.8) is 0 Å². The largest absolute Gasteiger partial charge is 0.488 e. The fraction of sp³-hybridized carbons (Fsp3) is 0.500. The van der Waals surface area contributed by atoms with Gasteiger partial charge in [0.05, 0.1) is 11.1 Å². The summed E-state index contributed by atoms with van der Waals surface area (Å²) in [4.78, 5) is 11.6. The van der Waals surface area contributed by atoms with Crippen LogP contribution in [0.4, 0.5) is 9.18 Å². The maximum Gasteiger partial charge on any atom is 0.407 e. The summed E-state index contributed by atoms with van der Waals surface area (Å²) in [6.45, 7) is 7.15. The van der Waals surface area contributed by atoms with Crippen molar-refractivity contribution in [2.75, 3.05) is 6.61 Å². The molecule has 1 rings (SSSR count). The lowest BCUT2D eigenvalue weighted by Crippen LogP contribution is -2.40. The highest BCUT2D eigenvalue weighted by Gasteiger charge is 2.18. The average Bonchev–Trinajstić information content (AvgIpc) is 2.29. The Kier molecular flexibility index (Phi) is 6.28. The van der Waals surface area contributed by atoms with Crippen molar-refractivity contribution < 1.29 is 18.7 Å². The third-order valence-corrected chi connectivity index (χ3v) is 3.42. The van der Waals surface area contributed by atoms with Gasteiger partial charge in [0, 0.05) is 4.47 Å². The highest BCUT2D eigenvalue weighted by atomic mass is 79.9. The van der Waals surface area contributed by atoms with Gasteiger partial charge in [-0.05, 0) is 55.8 Å². The van der Waals surface area contributed by atoms with Crippen molar-refractivity contribution in [3.05, 3.63) is 27.4 Å². The van der Waals surface area contributed by atoms with E-state index in [9.17, 15) is 9.18 Å². The second kappa shape index (κ2) is 7.31. The van der Waals surface area contributed by atoms with Crippen molar-refractivity contribution in [2.24, 2.45) is 0 Å². The molecule has 0 saturated heterocycles. The average molecular weight is 383 g/mol. The third-order valence-electron chi connectivity index (χ3n) is 2.23. The van der Waals surface area contributed by atoms with E-state index in [1.165, 1.54) is 6.07 Å². The molecule has 1 N–H and O–H groups in total. The Balaban J connectivity index is 2.52. The van der Waals surface area contributed by atoms with Crippen LogP contribution in [0, 0.1) is 5.82 Å². The Morgan fingerprint density at radius 2 is 2.10 bits per heavy atom. The number of benzene rings is 1. The van der Waals surface area contributed by atoms with Crippen LogP contribution in [0.25, 0.3) is 0 Å². The summed E-state index contributed by atoms with van der Waals surface area (Å²) >= 11 is 8.96. The van der Waals surface area contributed by atoms with E-state index in [4.69, 9.17) is 21.1 Å². The van der Waals surface area contributed by atoms with Gasteiger partial charge < -0.3 is 14.8 Å². The number of carbonyl (C=O) groups is 1. The molecule has 0 fully saturated rings. The van der Waals surface area contributed by atoms with Crippen LogP contribution < -0.4 is 10.1 Å². The number of ether oxygens (including phenoxy) is 2. The predicted octanol–water partition coefficient (Wildman–Crippen LogP) is 4.53. The summed E-state index contributed by atoms with van der Waals surface area (Å²) in [5, 5.41) is 2.87. The molecule has 0 heterocycles. The zero-order valence-electron chi connectivity index (χ0n) is 12.3. The van der Waals surface area contributed by atoms with Crippen LogP contribution in [0.1, 0.15) is 27.7 Å². The molecule has 0 aliphatic rings. The maximum atomic E-state index is 13.6. The van der Waals surface area contributed by atoms with E-state index in [2.05, 4.69) is 21.2 Å². The van der Waals surface area contributed by atoms with Crippen molar-refractivity contribution in [3.8, 4) is 5.75 Å². The number of nitrogens with one attached hydrogen (secondary N) is 1.